The minimum absolute atomic E-state index is 0.220. The standard InChI is InChI=1S/C5H8Br2N2/c6-5-1-4(8-3-5)2-9(5)7/h4,8H,1-3H2/t4-,5+/m0/s1. The quantitative estimate of drug-likeness (QED) is 0.396. The minimum atomic E-state index is 0.220. The molecule has 0 aromatic rings. The molecular formula is C5H8Br2N2. The fraction of sp³-hybridized carbons (Fsp3) is 1.00. The molecule has 0 spiro atoms. The Hall–Kier alpha value is 0.880. The van der Waals surface area contributed by atoms with Crippen LogP contribution >= 0.6 is 32.1 Å². The number of piperazine rings is 1. The number of nitrogens with zero attached hydrogens (tertiary/aromatic N) is 1. The summed E-state index contributed by atoms with van der Waals surface area (Å²) in [6.45, 7) is 2.17. The second-order valence-corrected chi connectivity index (χ2v) is 5.08. The highest BCUT2D eigenvalue weighted by Crippen LogP contribution is 2.41. The predicted octanol–water partition coefficient (Wildman–Crippen LogP) is 1.06. The van der Waals surface area contributed by atoms with Gasteiger partial charge in [-0.3, -0.25) is 0 Å². The molecule has 52 valence electrons. The Bertz CT molecular complexity index is 141. The molecule has 2 bridgehead atoms. The van der Waals surface area contributed by atoms with Crippen LogP contribution in [-0.4, -0.2) is 27.5 Å². The summed E-state index contributed by atoms with van der Waals surface area (Å²) in [4.78, 5) is 0. The van der Waals surface area contributed by atoms with E-state index in [0.29, 0.717) is 6.04 Å². The zero-order chi connectivity index (χ0) is 6.48. The van der Waals surface area contributed by atoms with Gasteiger partial charge in [-0.05, 0) is 6.42 Å². The predicted molar refractivity (Wildman–Crippen MR) is 43.7 cm³/mol. The first kappa shape index (κ1) is 6.58. The van der Waals surface area contributed by atoms with Crippen molar-refractivity contribution in [2.24, 2.45) is 0 Å². The lowest BCUT2D eigenvalue weighted by molar-refractivity contribution is 0.374. The van der Waals surface area contributed by atoms with E-state index in [1.54, 1.807) is 0 Å². The molecule has 0 saturated carbocycles. The lowest BCUT2D eigenvalue weighted by Crippen LogP contribution is -2.43. The minimum Gasteiger partial charge on any atom is -0.310 e. The number of hydrogen-bond donors (Lipinski definition) is 1. The van der Waals surface area contributed by atoms with Crippen molar-refractivity contribution in [3.05, 3.63) is 0 Å². The van der Waals surface area contributed by atoms with Gasteiger partial charge in [0, 0.05) is 35.3 Å². The van der Waals surface area contributed by atoms with Gasteiger partial charge < -0.3 is 5.32 Å². The van der Waals surface area contributed by atoms with Crippen molar-refractivity contribution in [1.29, 1.82) is 0 Å². The van der Waals surface area contributed by atoms with Gasteiger partial charge in [0.2, 0.25) is 0 Å². The smallest absolute Gasteiger partial charge is 0.100 e. The van der Waals surface area contributed by atoms with Crippen molar-refractivity contribution >= 4 is 32.1 Å². The van der Waals surface area contributed by atoms with E-state index in [-0.39, 0.29) is 4.45 Å². The topological polar surface area (TPSA) is 15.3 Å². The molecule has 2 fully saturated rings. The summed E-state index contributed by atoms with van der Waals surface area (Å²) < 4.78 is 2.42. The van der Waals surface area contributed by atoms with E-state index in [1.165, 1.54) is 6.42 Å². The molecule has 0 radical (unpaired) electrons. The van der Waals surface area contributed by atoms with Crippen LogP contribution in [-0.2, 0) is 0 Å². The lowest BCUT2D eigenvalue weighted by Gasteiger charge is -2.27. The number of rotatable bonds is 0. The summed E-state index contributed by atoms with van der Waals surface area (Å²) in [5.41, 5.74) is 0. The lowest BCUT2D eigenvalue weighted by atomic mass is 10.2. The van der Waals surface area contributed by atoms with E-state index in [2.05, 4.69) is 41.3 Å². The van der Waals surface area contributed by atoms with Crippen molar-refractivity contribution in [3.8, 4) is 0 Å². The molecule has 2 aliphatic rings. The first-order valence-electron chi connectivity index (χ1n) is 3.06. The largest absolute Gasteiger partial charge is 0.310 e. The SMILES string of the molecule is BrN1C[C@@H]2C[C@]1(Br)CN2. The highest BCUT2D eigenvalue weighted by molar-refractivity contribution is 9.11. The van der Waals surface area contributed by atoms with Crippen LogP contribution in [0.25, 0.3) is 0 Å². The van der Waals surface area contributed by atoms with E-state index < -0.39 is 0 Å². The average molecular weight is 256 g/mol. The molecule has 2 aliphatic heterocycles. The van der Waals surface area contributed by atoms with Gasteiger partial charge in [0.1, 0.15) is 4.45 Å². The molecule has 4 heteroatoms. The van der Waals surface area contributed by atoms with Crippen molar-refractivity contribution in [2.75, 3.05) is 13.1 Å². The third kappa shape index (κ3) is 0.878. The molecule has 0 aromatic heterocycles. The van der Waals surface area contributed by atoms with Crippen molar-refractivity contribution in [3.63, 3.8) is 0 Å². The Morgan fingerprint density at radius 2 is 2.44 bits per heavy atom. The van der Waals surface area contributed by atoms with Crippen LogP contribution in [0.15, 0.2) is 0 Å². The summed E-state index contributed by atoms with van der Waals surface area (Å²) in [6, 6.07) is 0.698. The number of fused-ring (bicyclic) bond motifs is 2. The maximum Gasteiger partial charge on any atom is 0.100 e. The summed E-state index contributed by atoms with van der Waals surface area (Å²) in [5.74, 6) is 0. The molecule has 0 aromatic carbocycles. The van der Waals surface area contributed by atoms with E-state index in [0.717, 1.165) is 13.1 Å². The zero-order valence-electron chi connectivity index (χ0n) is 4.90. The molecule has 0 amide bonds. The summed E-state index contributed by atoms with van der Waals surface area (Å²) >= 11 is 7.17. The van der Waals surface area contributed by atoms with Crippen LogP contribution in [0.4, 0.5) is 0 Å². The van der Waals surface area contributed by atoms with Crippen molar-refractivity contribution in [2.45, 2.75) is 16.9 Å². The Labute approximate surface area is 71.4 Å². The first-order valence-corrected chi connectivity index (χ1v) is 4.57. The number of nitrogens with one attached hydrogen (secondary N) is 1. The van der Waals surface area contributed by atoms with Gasteiger partial charge in [0.25, 0.3) is 0 Å². The van der Waals surface area contributed by atoms with E-state index >= 15 is 0 Å². The van der Waals surface area contributed by atoms with Crippen LogP contribution in [0.5, 0.6) is 0 Å². The normalized spacial score (nSPS) is 50.7. The Morgan fingerprint density at radius 1 is 1.67 bits per heavy atom. The number of alkyl halides is 1. The van der Waals surface area contributed by atoms with Crippen LogP contribution in [0, 0.1) is 0 Å². The molecule has 2 heterocycles. The fourth-order valence-corrected chi connectivity index (χ4v) is 2.81. The Kier molecular flexibility index (Phi) is 1.42. The molecule has 2 rings (SSSR count). The third-order valence-corrected chi connectivity index (χ3v) is 4.51. The average Bonchev–Trinajstić information content (AvgIpc) is 2.22. The van der Waals surface area contributed by atoms with Crippen LogP contribution < -0.4 is 5.32 Å². The molecule has 1 N–H and O–H groups in total. The van der Waals surface area contributed by atoms with Gasteiger partial charge >= 0.3 is 0 Å². The molecule has 9 heavy (non-hydrogen) atoms. The van der Waals surface area contributed by atoms with E-state index in [9.17, 15) is 0 Å². The van der Waals surface area contributed by atoms with Gasteiger partial charge in [0.15, 0.2) is 0 Å². The summed E-state index contributed by atoms with van der Waals surface area (Å²) in [6.07, 6.45) is 1.22. The molecule has 2 atom stereocenters. The van der Waals surface area contributed by atoms with Crippen LogP contribution in [0.1, 0.15) is 6.42 Å². The summed E-state index contributed by atoms with van der Waals surface area (Å²) in [5, 5.41) is 3.41. The van der Waals surface area contributed by atoms with Crippen molar-refractivity contribution < 1.29 is 0 Å². The van der Waals surface area contributed by atoms with Crippen LogP contribution in [0.2, 0.25) is 0 Å². The monoisotopic (exact) mass is 254 g/mol. The molecule has 0 aliphatic carbocycles. The van der Waals surface area contributed by atoms with Crippen LogP contribution in [0.3, 0.4) is 0 Å². The van der Waals surface area contributed by atoms with Gasteiger partial charge in [-0.15, -0.1) is 0 Å². The molecule has 2 saturated heterocycles. The maximum absolute atomic E-state index is 3.67. The Morgan fingerprint density at radius 3 is 2.67 bits per heavy atom. The fourth-order valence-electron chi connectivity index (χ4n) is 1.49. The second kappa shape index (κ2) is 1.94. The van der Waals surface area contributed by atoms with Gasteiger partial charge in [-0.2, -0.15) is 0 Å². The highest BCUT2D eigenvalue weighted by Gasteiger charge is 2.48. The van der Waals surface area contributed by atoms with Gasteiger partial charge in [-0.1, -0.05) is 15.9 Å². The van der Waals surface area contributed by atoms with E-state index in [1.807, 2.05) is 0 Å². The van der Waals surface area contributed by atoms with Gasteiger partial charge in [0.05, 0.1) is 0 Å². The number of halogens is 2. The molecule has 2 nitrogen and oxygen atoms in total. The third-order valence-electron chi connectivity index (χ3n) is 2.04. The maximum atomic E-state index is 3.67. The molecular weight excluding hydrogens is 248 g/mol. The molecule has 0 unspecified atom stereocenters. The first-order chi connectivity index (χ1) is 4.21. The second-order valence-electron chi connectivity index (χ2n) is 2.74. The van der Waals surface area contributed by atoms with Crippen molar-refractivity contribution in [1.82, 2.24) is 9.24 Å². The zero-order valence-corrected chi connectivity index (χ0v) is 8.07. The number of hydrogen-bond acceptors (Lipinski definition) is 2. The van der Waals surface area contributed by atoms with Gasteiger partial charge in [-0.25, -0.2) is 3.93 Å². The summed E-state index contributed by atoms with van der Waals surface area (Å²) in [7, 11) is 0. The highest BCUT2D eigenvalue weighted by atomic mass is 79.9. The Balaban J connectivity index is 2.22. The van der Waals surface area contributed by atoms with E-state index in [4.69, 9.17) is 0 Å².